The van der Waals surface area contributed by atoms with E-state index in [2.05, 4.69) is 28.2 Å². The van der Waals surface area contributed by atoms with Crippen molar-refractivity contribution in [3.8, 4) is 6.07 Å². The number of alkyl halides is 3. The molecule has 2 heterocycles. The second-order valence-electron chi connectivity index (χ2n) is 8.78. The van der Waals surface area contributed by atoms with Gasteiger partial charge in [-0.2, -0.15) is 18.4 Å². The third-order valence-electron chi connectivity index (χ3n) is 6.51. The lowest BCUT2D eigenvalue weighted by atomic mass is 9.93. The van der Waals surface area contributed by atoms with Crippen LogP contribution in [0, 0.1) is 18.3 Å². The van der Waals surface area contributed by atoms with E-state index in [1.807, 2.05) is 37.3 Å². The fourth-order valence-corrected chi connectivity index (χ4v) is 4.95. The zero-order valence-corrected chi connectivity index (χ0v) is 19.4. The van der Waals surface area contributed by atoms with Crippen LogP contribution in [0.4, 0.5) is 13.2 Å². The van der Waals surface area contributed by atoms with E-state index < -0.39 is 11.7 Å². The Bertz CT molecular complexity index is 1520. The van der Waals surface area contributed by atoms with E-state index in [1.54, 1.807) is 17.6 Å². The lowest BCUT2D eigenvalue weighted by molar-refractivity contribution is -0.136. The summed E-state index contributed by atoms with van der Waals surface area (Å²) in [6.45, 7) is 3.82. The van der Waals surface area contributed by atoms with Crippen molar-refractivity contribution < 1.29 is 13.2 Å². The average Bonchev–Trinajstić information content (AvgIpc) is 3.09. The molecule has 0 aliphatic heterocycles. The van der Waals surface area contributed by atoms with E-state index in [0.29, 0.717) is 24.5 Å². The molecule has 0 radical (unpaired) electrons. The summed E-state index contributed by atoms with van der Waals surface area (Å²) in [6, 6.07) is 17.4. The number of nitrogens with zero attached hydrogens (tertiary/aromatic N) is 4. The minimum absolute atomic E-state index is 0.107. The molecule has 4 nitrogen and oxygen atoms in total. The number of pyridine rings is 1. The first kappa shape index (κ1) is 22.9. The predicted molar refractivity (Wildman–Crippen MR) is 129 cm³/mol. The highest BCUT2D eigenvalue weighted by Crippen LogP contribution is 2.36. The molecule has 0 fully saturated rings. The van der Waals surface area contributed by atoms with Crippen molar-refractivity contribution >= 4 is 16.7 Å². The summed E-state index contributed by atoms with van der Waals surface area (Å²) in [5, 5.41) is 9.42. The smallest absolute Gasteiger partial charge is 0.308 e. The van der Waals surface area contributed by atoms with Crippen LogP contribution in [0.5, 0.6) is 0 Å². The lowest BCUT2D eigenvalue weighted by Gasteiger charge is -2.14. The topological polar surface area (TPSA) is 54.5 Å². The van der Waals surface area contributed by atoms with Gasteiger partial charge >= 0.3 is 6.18 Å². The van der Waals surface area contributed by atoms with Crippen LogP contribution < -0.4 is 0 Å². The third-order valence-corrected chi connectivity index (χ3v) is 6.51. The molecule has 0 bridgehead atoms. The lowest BCUT2D eigenvalue weighted by Crippen LogP contribution is -2.09. The molecule has 7 heteroatoms. The largest absolute Gasteiger partial charge is 0.418 e. The molecule has 0 saturated heterocycles. The van der Waals surface area contributed by atoms with Gasteiger partial charge in [0.1, 0.15) is 11.3 Å². The zero-order valence-electron chi connectivity index (χ0n) is 19.4. The number of nitriles is 1. The maximum atomic E-state index is 13.7. The predicted octanol–water partition coefficient (Wildman–Crippen LogP) is 6.42. The summed E-state index contributed by atoms with van der Waals surface area (Å²) in [7, 11) is 0. The molecule has 0 atom stereocenters. The number of imidazole rings is 1. The van der Waals surface area contributed by atoms with Crippen molar-refractivity contribution in [2.45, 2.75) is 45.8 Å². The Morgan fingerprint density at radius 3 is 2.51 bits per heavy atom. The first-order valence-electron chi connectivity index (χ1n) is 11.5. The van der Waals surface area contributed by atoms with Gasteiger partial charge in [0, 0.05) is 18.2 Å². The molecule has 4 aromatic rings. The molecule has 176 valence electrons. The number of hydrogen-bond donors (Lipinski definition) is 0. The van der Waals surface area contributed by atoms with Crippen LogP contribution in [0.1, 0.15) is 51.8 Å². The minimum atomic E-state index is -4.50. The van der Waals surface area contributed by atoms with E-state index in [-0.39, 0.29) is 11.2 Å². The van der Waals surface area contributed by atoms with E-state index in [1.165, 1.54) is 5.56 Å². The number of benzene rings is 2. The van der Waals surface area contributed by atoms with Crippen LogP contribution in [0.2, 0.25) is 0 Å². The summed E-state index contributed by atoms with van der Waals surface area (Å²) >= 11 is 0. The highest BCUT2D eigenvalue weighted by atomic mass is 19.4. The van der Waals surface area contributed by atoms with Crippen LogP contribution in [-0.4, -0.2) is 14.5 Å². The molecule has 0 spiro atoms. The number of fused-ring (bicyclic) bond motifs is 3. The van der Waals surface area contributed by atoms with Crippen molar-refractivity contribution in [2.75, 3.05) is 0 Å². The molecule has 1 aliphatic carbocycles. The van der Waals surface area contributed by atoms with Crippen LogP contribution in [-0.2, 0) is 32.0 Å². The first-order chi connectivity index (χ1) is 16.8. The monoisotopic (exact) mass is 472 g/mol. The average molecular weight is 473 g/mol. The van der Waals surface area contributed by atoms with E-state index in [9.17, 15) is 18.4 Å². The molecule has 1 aliphatic rings. The van der Waals surface area contributed by atoms with Crippen LogP contribution >= 0.6 is 0 Å². The minimum Gasteiger partial charge on any atom is -0.308 e. The summed E-state index contributed by atoms with van der Waals surface area (Å²) in [5.41, 5.74) is 5.94. The molecule has 0 saturated carbocycles. The highest BCUT2D eigenvalue weighted by molar-refractivity contribution is 5.85. The summed E-state index contributed by atoms with van der Waals surface area (Å²) < 4.78 is 42.9. The normalized spacial score (nSPS) is 14.5. The summed E-state index contributed by atoms with van der Waals surface area (Å²) in [4.78, 5) is 8.77. The zero-order chi connectivity index (χ0) is 24.7. The van der Waals surface area contributed by atoms with Gasteiger partial charge in [-0.3, -0.25) is 0 Å². The van der Waals surface area contributed by atoms with Gasteiger partial charge in [-0.1, -0.05) is 49.4 Å². The van der Waals surface area contributed by atoms with Crippen LogP contribution in [0.3, 0.4) is 0 Å². The highest BCUT2D eigenvalue weighted by Gasteiger charge is 2.35. The number of hydrogen-bond acceptors (Lipinski definition) is 3. The Kier molecular flexibility index (Phi) is 5.68. The van der Waals surface area contributed by atoms with E-state index in [0.717, 1.165) is 46.7 Å². The van der Waals surface area contributed by atoms with Gasteiger partial charge in [-0.25, -0.2) is 9.97 Å². The Balaban J connectivity index is 1.60. The van der Waals surface area contributed by atoms with Crippen molar-refractivity contribution in [2.24, 2.45) is 0 Å². The van der Waals surface area contributed by atoms with Crippen molar-refractivity contribution in [3.05, 3.63) is 99.5 Å². The van der Waals surface area contributed by atoms with Gasteiger partial charge < -0.3 is 4.57 Å². The molecule has 2 aromatic carbocycles. The van der Waals surface area contributed by atoms with Crippen LogP contribution in [0.15, 0.2) is 54.6 Å². The molecular weight excluding hydrogens is 449 g/mol. The van der Waals surface area contributed by atoms with Gasteiger partial charge in [0.05, 0.1) is 18.2 Å². The van der Waals surface area contributed by atoms with Crippen molar-refractivity contribution in [1.29, 1.82) is 5.26 Å². The van der Waals surface area contributed by atoms with Gasteiger partial charge in [-0.15, -0.1) is 0 Å². The standard InChI is InChI=1S/C28H23F3N4/c1-3-25-34-26-24(28(29,30)31)14-17(2)33-27(26)35(25)16-18-8-11-22-20(15-18)10-9-19-6-4-5-7-21(19)23(22)12-13-32/h4-8,11-12,14-15H,3,9-10,16H2,1-2H3/b23-12-. The third kappa shape index (κ3) is 4.10. The Morgan fingerprint density at radius 1 is 1.03 bits per heavy atom. The number of rotatable bonds is 3. The number of aryl methyl sites for hydroxylation is 4. The number of aromatic nitrogens is 3. The fourth-order valence-electron chi connectivity index (χ4n) is 4.95. The van der Waals surface area contributed by atoms with E-state index in [4.69, 9.17) is 0 Å². The number of allylic oxidation sites excluding steroid dienone is 1. The second-order valence-corrected chi connectivity index (χ2v) is 8.78. The summed E-state index contributed by atoms with van der Waals surface area (Å²) in [5.74, 6) is 0.566. The molecule has 5 rings (SSSR count). The van der Waals surface area contributed by atoms with E-state index >= 15 is 0 Å². The molecule has 0 unspecified atom stereocenters. The Hall–Kier alpha value is -3.92. The SMILES string of the molecule is CCc1nc2c(C(F)(F)F)cc(C)nc2n1Cc1ccc2c(c1)CCc1ccccc1/C2=C/C#N. The molecule has 2 aromatic heterocycles. The Morgan fingerprint density at radius 2 is 1.77 bits per heavy atom. The van der Waals surface area contributed by atoms with Crippen molar-refractivity contribution in [3.63, 3.8) is 0 Å². The van der Waals surface area contributed by atoms with Gasteiger partial charge in [-0.05, 0) is 59.2 Å². The molecule has 0 N–H and O–H groups in total. The first-order valence-corrected chi connectivity index (χ1v) is 11.5. The number of halogens is 3. The maximum Gasteiger partial charge on any atom is 0.418 e. The van der Waals surface area contributed by atoms with Gasteiger partial charge in [0.15, 0.2) is 5.65 Å². The van der Waals surface area contributed by atoms with Gasteiger partial charge in [0.25, 0.3) is 0 Å². The van der Waals surface area contributed by atoms with Crippen molar-refractivity contribution in [1.82, 2.24) is 14.5 Å². The molecule has 0 amide bonds. The van der Waals surface area contributed by atoms with Crippen LogP contribution in [0.25, 0.3) is 16.7 Å². The molecule has 35 heavy (non-hydrogen) atoms. The molecular formula is C28H23F3N4. The quantitative estimate of drug-likeness (QED) is 0.323. The Labute approximate surface area is 201 Å². The fraction of sp³-hybridized carbons (Fsp3) is 0.250. The second kappa shape index (κ2) is 8.70. The summed E-state index contributed by atoms with van der Waals surface area (Å²) in [6.07, 6.45) is -0.767. The van der Waals surface area contributed by atoms with Gasteiger partial charge in [0.2, 0.25) is 0 Å². The maximum absolute atomic E-state index is 13.7.